The van der Waals surface area contributed by atoms with Crippen molar-refractivity contribution in [3.8, 4) is 0 Å². The molecule has 1 aliphatic heterocycles. The van der Waals surface area contributed by atoms with Gasteiger partial charge in [-0.3, -0.25) is 19.3 Å². The third-order valence-corrected chi connectivity index (χ3v) is 3.48. The molecule has 0 aromatic heterocycles. The molecule has 3 amide bonds. The Morgan fingerprint density at radius 1 is 1.14 bits per heavy atom. The van der Waals surface area contributed by atoms with Gasteiger partial charge in [0.05, 0.1) is 0 Å². The predicted octanol–water partition coefficient (Wildman–Crippen LogP) is 1.88. The van der Waals surface area contributed by atoms with Crippen molar-refractivity contribution in [1.82, 2.24) is 10.2 Å². The summed E-state index contributed by atoms with van der Waals surface area (Å²) in [6, 6.07) is -0.310. The summed E-state index contributed by atoms with van der Waals surface area (Å²) in [5.74, 6) is -0.673. The van der Waals surface area contributed by atoms with Crippen LogP contribution in [0.4, 0.5) is 0 Å². The molecular formula is C16H26N2O3. The first kappa shape index (κ1) is 17.4. The second kappa shape index (κ2) is 6.00. The van der Waals surface area contributed by atoms with E-state index in [0.717, 1.165) is 0 Å². The Hall–Kier alpha value is -1.65. The molecule has 0 saturated heterocycles. The van der Waals surface area contributed by atoms with Gasteiger partial charge in [-0.15, -0.1) is 0 Å². The van der Waals surface area contributed by atoms with Crippen LogP contribution in [0.15, 0.2) is 12.2 Å². The van der Waals surface area contributed by atoms with Crippen molar-refractivity contribution in [1.29, 1.82) is 0 Å². The molecule has 1 rings (SSSR count). The highest BCUT2D eigenvalue weighted by Gasteiger charge is 2.36. The summed E-state index contributed by atoms with van der Waals surface area (Å²) in [5, 5.41) is 2.94. The van der Waals surface area contributed by atoms with Crippen molar-refractivity contribution in [2.24, 2.45) is 10.8 Å². The lowest BCUT2D eigenvalue weighted by Gasteiger charge is -2.32. The quantitative estimate of drug-likeness (QED) is 0.787. The van der Waals surface area contributed by atoms with Crippen molar-refractivity contribution in [3.63, 3.8) is 0 Å². The topological polar surface area (TPSA) is 66.5 Å². The van der Waals surface area contributed by atoms with E-state index in [1.54, 1.807) is 6.92 Å². The van der Waals surface area contributed by atoms with Crippen LogP contribution in [0, 0.1) is 10.8 Å². The Morgan fingerprint density at radius 3 is 2.05 bits per heavy atom. The number of rotatable bonds is 5. The summed E-state index contributed by atoms with van der Waals surface area (Å²) in [7, 11) is 0. The Morgan fingerprint density at radius 2 is 1.62 bits per heavy atom. The van der Waals surface area contributed by atoms with E-state index < -0.39 is 5.41 Å². The lowest BCUT2D eigenvalue weighted by Crippen LogP contribution is -2.46. The van der Waals surface area contributed by atoms with Gasteiger partial charge in [0.1, 0.15) is 0 Å². The van der Waals surface area contributed by atoms with Crippen molar-refractivity contribution < 1.29 is 14.4 Å². The van der Waals surface area contributed by atoms with E-state index in [0.29, 0.717) is 13.0 Å². The molecule has 1 aliphatic rings. The molecule has 0 aromatic rings. The van der Waals surface area contributed by atoms with Crippen molar-refractivity contribution in [2.45, 2.75) is 54.0 Å². The summed E-state index contributed by atoms with van der Waals surface area (Å²) < 4.78 is 0. The molecule has 0 aromatic carbocycles. The standard InChI is InChI=1S/C16H26N2O3/c1-11(18-12(19)7-8-13(18)20)9-16(5,6)14(21)17-10-15(2,3)4/h7-8,11H,9-10H2,1-6H3,(H,17,21). The number of nitrogens with zero attached hydrogens (tertiary/aromatic N) is 1. The average molecular weight is 294 g/mol. The van der Waals surface area contributed by atoms with Crippen molar-refractivity contribution in [2.75, 3.05) is 6.54 Å². The highest BCUT2D eigenvalue weighted by atomic mass is 16.2. The molecular weight excluding hydrogens is 268 g/mol. The van der Waals surface area contributed by atoms with E-state index in [1.807, 2.05) is 13.8 Å². The molecule has 21 heavy (non-hydrogen) atoms. The predicted molar refractivity (Wildman–Crippen MR) is 81.3 cm³/mol. The highest BCUT2D eigenvalue weighted by molar-refractivity contribution is 6.13. The zero-order valence-corrected chi connectivity index (χ0v) is 13.8. The summed E-state index contributed by atoms with van der Waals surface area (Å²) >= 11 is 0. The van der Waals surface area contributed by atoms with Crippen LogP contribution < -0.4 is 5.32 Å². The fourth-order valence-electron chi connectivity index (χ4n) is 2.35. The minimum atomic E-state index is -0.645. The minimum absolute atomic E-state index is 0.0160. The Kier molecular flexibility index (Phi) is 4.97. The van der Waals surface area contributed by atoms with Gasteiger partial charge in [0.2, 0.25) is 5.91 Å². The second-order valence-corrected chi connectivity index (χ2v) is 7.56. The van der Waals surface area contributed by atoms with Crippen LogP contribution in [0.2, 0.25) is 0 Å². The van der Waals surface area contributed by atoms with Crippen LogP contribution in [0.3, 0.4) is 0 Å². The summed E-state index contributed by atoms with van der Waals surface area (Å²) in [5.41, 5.74) is -0.629. The largest absolute Gasteiger partial charge is 0.355 e. The number of amides is 3. The fraction of sp³-hybridized carbons (Fsp3) is 0.688. The molecule has 0 radical (unpaired) electrons. The van der Waals surface area contributed by atoms with Gasteiger partial charge in [-0.25, -0.2) is 0 Å². The third-order valence-electron chi connectivity index (χ3n) is 3.48. The monoisotopic (exact) mass is 294 g/mol. The molecule has 1 heterocycles. The van der Waals surface area contributed by atoms with Crippen LogP contribution >= 0.6 is 0 Å². The molecule has 1 atom stereocenters. The Labute approximate surface area is 126 Å². The minimum Gasteiger partial charge on any atom is -0.355 e. The van der Waals surface area contributed by atoms with E-state index in [-0.39, 0.29) is 29.2 Å². The van der Waals surface area contributed by atoms with Crippen LogP contribution in [0.1, 0.15) is 48.0 Å². The van der Waals surface area contributed by atoms with Gasteiger partial charge >= 0.3 is 0 Å². The second-order valence-electron chi connectivity index (χ2n) is 7.56. The van der Waals surface area contributed by atoms with Gasteiger partial charge in [-0.05, 0) is 18.8 Å². The first-order chi connectivity index (χ1) is 9.44. The maximum absolute atomic E-state index is 12.3. The van der Waals surface area contributed by atoms with Crippen molar-refractivity contribution >= 4 is 17.7 Å². The third kappa shape index (κ3) is 4.69. The smallest absolute Gasteiger partial charge is 0.253 e. The molecule has 0 fully saturated rings. The molecule has 0 aliphatic carbocycles. The van der Waals surface area contributed by atoms with Crippen molar-refractivity contribution in [3.05, 3.63) is 12.2 Å². The SMILES string of the molecule is CC(CC(C)(C)C(=O)NCC(C)(C)C)N1C(=O)C=CC1=O. The van der Waals surface area contributed by atoms with Gasteiger partial charge in [0.15, 0.2) is 0 Å². The normalized spacial score (nSPS) is 17.3. The lowest BCUT2D eigenvalue weighted by molar-refractivity contribution is -0.141. The van der Waals surface area contributed by atoms with Gasteiger partial charge in [0, 0.05) is 30.2 Å². The highest BCUT2D eigenvalue weighted by Crippen LogP contribution is 2.27. The Balaban J connectivity index is 2.65. The van der Waals surface area contributed by atoms with Gasteiger partial charge in [0.25, 0.3) is 11.8 Å². The van der Waals surface area contributed by atoms with Crippen LogP contribution in [0.25, 0.3) is 0 Å². The summed E-state index contributed by atoms with van der Waals surface area (Å²) in [6.07, 6.45) is 2.97. The molecule has 0 saturated carbocycles. The Bertz CT molecular complexity index is 454. The maximum atomic E-state index is 12.3. The summed E-state index contributed by atoms with van der Waals surface area (Å²) in [4.78, 5) is 36.8. The molecule has 0 spiro atoms. The molecule has 118 valence electrons. The first-order valence-corrected chi connectivity index (χ1v) is 7.27. The van der Waals surface area contributed by atoms with E-state index in [2.05, 4.69) is 26.1 Å². The number of carbonyl (C=O) groups is 3. The summed E-state index contributed by atoms with van der Waals surface area (Å²) in [6.45, 7) is 12.2. The average Bonchev–Trinajstić information content (AvgIpc) is 2.64. The van der Waals surface area contributed by atoms with Gasteiger partial charge in [-0.1, -0.05) is 34.6 Å². The van der Waals surface area contributed by atoms with E-state index in [4.69, 9.17) is 0 Å². The molecule has 1 unspecified atom stereocenters. The maximum Gasteiger partial charge on any atom is 0.253 e. The van der Waals surface area contributed by atoms with Gasteiger partial charge < -0.3 is 5.32 Å². The lowest BCUT2D eigenvalue weighted by atomic mass is 9.84. The zero-order chi connectivity index (χ0) is 16.4. The van der Waals surface area contributed by atoms with E-state index in [1.165, 1.54) is 17.1 Å². The van der Waals surface area contributed by atoms with Gasteiger partial charge in [-0.2, -0.15) is 0 Å². The van der Waals surface area contributed by atoms with Crippen LogP contribution in [-0.2, 0) is 14.4 Å². The van der Waals surface area contributed by atoms with Crippen LogP contribution in [-0.4, -0.2) is 35.2 Å². The number of hydrogen-bond donors (Lipinski definition) is 1. The number of hydrogen-bond acceptors (Lipinski definition) is 3. The molecule has 5 heteroatoms. The van der Waals surface area contributed by atoms with Crippen LogP contribution in [0.5, 0.6) is 0 Å². The number of nitrogens with one attached hydrogen (secondary N) is 1. The molecule has 5 nitrogen and oxygen atoms in total. The van der Waals surface area contributed by atoms with E-state index in [9.17, 15) is 14.4 Å². The molecule has 1 N–H and O–H groups in total. The number of carbonyl (C=O) groups excluding carboxylic acids is 3. The fourth-order valence-corrected chi connectivity index (χ4v) is 2.35. The van der Waals surface area contributed by atoms with E-state index >= 15 is 0 Å². The first-order valence-electron chi connectivity index (χ1n) is 7.27. The molecule has 0 bridgehead atoms. The zero-order valence-electron chi connectivity index (χ0n) is 13.8. The number of imide groups is 1.